The SMILES string of the molecule is Fc1cccc(CC(CBr)c2cccc(Cl)c2)c1Br. The van der Waals surface area contributed by atoms with Crippen LogP contribution in [0.1, 0.15) is 17.0 Å². The molecule has 4 heteroatoms. The highest BCUT2D eigenvalue weighted by Gasteiger charge is 2.14. The van der Waals surface area contributed by atoms with E-state index < -0.39 is 0 Å². The van der Waals surface area contributed by atoms with Crippen LogP contribution in [0.3, 0.4) is 0 Å². The maximum absolute atomic E-state index is 13.5. The van der Waals surface area contributed by atoms with Crippen LogP contribution in [0.15, 0.2) is 46.9 Å². The molecule has 100 valence electrons. The zero-order valence-corrected chi connectivity index (χ0v) is 14.0. The van der Waals surface area contributed by atoms with Crippen LogP contribution >= 0.6 is 43.5 Å². The Morgan fingerprint density at radius 2 is 1.89 bits per heavy atom. The number of benzene rings is 2. The Kier molecular flexibility index (Phi) is 5.43. The first-order valence-electron chi connectivity index (χ1n) is 5.86. The molecule has 1 atom stereocenters. The molecule has 19 heavy (non-hydrogen) atoms. The molecule has 0 aliphatic heterocycles. The first kappa shape index (κ1) is 15.0. The third kappa shape index (κ3) is 3.80. The lowest BCUT2D eigenvalue weighted by molar-refractivity contribution is 0.616. The van der Waals surface area contributed by atoms with Crippen molar-refractivity contribution < 1.29 is 4.39 Å². The Labute approximate surface area is 134 Å². The van der Waals surface area contributed by atoms with Gasteiger partial charge >= 0.3 is 0 Å². The highest BCUT2D eigenvalue weighted by molar-refractivity contribution is 9.10. The summed E-state index contributed by atoms with van der Waals surface area (Å²) in [5, 5.41) is 1.53. The van der Waals surface area contributed by atoms with Gasteiger partial charge in [0, 0.05) is 10.4 Å². The second kappa shape index (κ2) is 6.87. The summed E-state index contributed by atoms with van der Waals surface area (Å²) in [5.74, 6) is 0.0358. The summed E-state index contributed by atoms with van der Waals surface area (Å²) in [4.78, 5) is 0. The van der Waals surface area contributed by atoms with Gasteiger partial charge in [-0.1, -0.05) is 51.8 Å². The van der Waals surface area contributed by atoms with Gasteiger partial charge in [0.2, 0.25) is 0 Å². The van der Waals surface area contributed by atoms with Gasteiger partial charge in [-0.3, -0.25) is 0 Å². The van der Waals surface area contributed by atoms with E-state index in [0.29, 0.717) is 4.47 Å². The molecule has 0 saturated heterocycles. The molecule has 0 amide bonds. The van der Waals surface area contributed by atoms with Crippen molar-refractivity contribution in [2.24, 2.45) is 0 Å². The van der Waals surface area contributed by atoms with Gasteiger partial charge in [-0.25, -0.2) is 4.39 Å². The van der Waals surface area contributed by atoms with Gasteiger partial charge < -0.3 is 0 Å². The molecule has 2 rings (SSSR count). The minimum absolute atomic E-state index is 0.225. The number of rotatable bonds is 4. The second-order valence-corrected chi connectivity index (χ2v) is 6.20. The fourth-order valence-electron chi connectivity index (χ4n) is 1.99. The maximum atomic E-state index is 13.5. The minimum Gasteiger partial charge on any atom is -0.206 e. The van der Waals surface area contributed by atoms with Crippen LogP contribution in [0.25, 0.3) is 0 Å². The van der Waals surface area contributed by atoms with E-state index in [1.54, 1.807) is 6.07 Å². The predicted molar refractivity (Wildman–Crippen MR) is 85.8 cm³/mol. The van der Waals surface area contributed by atoms with Gasteiger partial charge in [0.15, 0.2) is 0 Å². The molecule has 0 heterocycles. The summed E-state index contributed by atoms with van der Waals surface area (Å²) in [7, 11) is 0. The van der Waals surface area contributed by atoms with E-state index in [1.165, 1.54) is 6.07 Å². The normalized spacial score (nSPS) is 12.4. The van der Waals surface area contributed by atoms with E-state index in [1.807, 2.05) is 30.3 Å². The zero-order valence-electron chi connectivity index (χ0n) is 10.0. The molecule has 0 aliphatic carbocycles. The molecule has 2 aromatic carbocycles. The molecular formula is C15H12Br2ClF. The average molecular weight is 407 g/mol. The molecule has 0 radical (unpaired) electrons. The first-order valence-corrected chi connectivity index (χ1v) is 8.15. The maximum Gasteiger partial charge on any atom is 0.137 e. The molecule has 0 spiro atoms. The van der Waals surface area contributed by atoms with Crippen molar-refractivity contribution in [1.82, 2.24) is 0 Å². The summed E-state index contributed by atoms with van der Waals surface area (Å²) < 4.78 is 14.1. The fraction of sp³-hybridized carbons (Fsp3) is 0.200. The lowest BCUT2D eigenvalue weighted by atomic mass is 9.94. The Hall–Kier alpha value is -0.380. The fourth-order valence-corrected chi connectivity index (χ4v) is 3.22. The molecule has 2 aromatic rings. The molecule has 0 aliphatic rings. The van der Waals surface area contributed by atoms with Gasteiger partial charge in [-0.05, 0) is 57.6 Å². The van der Waals surface area contributed by atoms with Gasteiger partial charge in [0.05, 0.1) is 4.47 Å². The van der Waals surface area contributed by atoms with E-state index in [2.05, 4.69) is 31.9 Å². The third-order valence-electron chi connectivity index (χ3n) is 3.00. The molecule has 0 aromatic heterocycles. The van der Waals surface area contributed by atoms with Gasteiger partial charge in [-0.2, -0.15) is 0 Å². The molecule has 0 bridgehead atoms. The Bertz CT molecular complexity index is 572. The van der Waals surface area contributed by atoms with Crippen LogP contribution < -0.4 is 0 Å². The number of halogens is 4. The minimum atomic E-state index is -0.225. The lowest BCUT2D eigenvalue weighted by Crippen LogP contribution is -2.05. The summed E-state index contributed by atoms with van der Waals surface area (Å²) in [6, 6.07) is 12.9. The molecule has 0 N–H and O–H groups in total. The Morgan fingerprint density at radius 3 is 2.58 bits per heavy atom. The summed E-state index contributed by atoms with van der Waals surface area (Å²) >= 11 is 12.9. The third-order valence-corrected chi connectivity index (χ3v) is 4.91. The molecular weight excluding hydrogens is 394 g/mol. The number of alkyl halides is 1. The topological polar surface area (TPSA) is 0 Å². The average Bonchev–Trinajstić information content (AvgIpc) is 2.40. The summed E-state index contributed by atoms with van der Waals surface area (Å²) in [6.07, 6.45) is 0.754. The highest BCUT2D eigenvalue weighted by atomic mass is 79.9. The van der Waals surface area contributed by atoms with E-state index in [9.17, 15) is 4.39 Å². The van der Waals surface area contributed by atoms with Crippen molar-refractivity contribution in [3.8, 4) is 0 Å². The van der Waals surface area contributed by atoms with Crippen molar-refractivity contribution in [3.63, 3.8) is 0 Å². The Balaban J connectivity index is 2.26. The van der Waals surface area contributed by atoms with Crippen LogP contribution in [0, 0.1) is 5.82 Å². The van der Waals surface area contributed by atoms with E-state index in [-0.39, 0.29) is 11.7 Å². The van der Waals surface area contributed by atoms with Crippen molar-refractivity contribution in [1.29, 1.82) is 0 Å². The quantitative estimate of drug-likeness (QED) is 0.550. The summed E-state index contributed by atoms with van der Waals surface area (Å²) in [6.45, 7) is 0. The molecule has 0 saturated carbocycles. The van der Waals surface area contributed by atoms with Crippen molar-refractivity contribution in [2.75, 3.05) is 5.33 Å². The molecule has 1 unspecified atom stereocenters. The van der Waals surface area contributed by atoms with E-state index in [0.717, 1.165) is 27.9 Å². The number of hydrogen-bond donors (Lipinski definition) is 0. The van der Waals surface area contributed by atoms with Crippen LogP contribution in [-0.4, -0.2) is 5.33 Å². The Morgan fingerprint density at radius 1 is 1.16 bits per heavy atom. The highest BCUT2D eigenvalue weighted by Crippen LogP contribution is 2.29. The van der Waals surface area contributed by atoms with E-state index in [4.69, 9.17) is 11.6 Å². The van der Waals surface area contributed by atoms with Crippen molar-refractivity contribution in [3.05, 3.63) is 68.9 Å². The van der Waals surface area contributed by atoms with Crippen molar-refractivity contribution in [2.45, 2.75) is 12.3 Å². The predicted octanol–water partition coefficient (Wildman–Crippen LogP) is 5.96. The van der Waals surface area contributed by atoms with Gasteiger partial charge in [-0.15, -0.1) is 0 Å². The lowest BCUT2D eigenvalue weighted by Gasteiger charge is -2.16. The van der Waals surface area contributed by atoms with Crippen LogP contribution in [0.2, 0.25) is 5.02 Å². The zero-order chi connectivity index (χ0) is 13.8. The molecule has 0 fully saturated rings. The first-order chi connectivity index (χ1) is 9.11. The smallest absolute Gasteiger partial charge is 0.137 e. The standard InChI is InChI=1S/C15H12Br2ClF/c16-9-12(10-3-1-5-13(18)8-10)7-11-4-2-6-14(19)15(11)17/h1-6,8,12H,7,9H2. The van der Waals surface area contributed by atoms with E-state index >= 15 is 0 Å². The largest absolute Gasteiger partial charge is 0.206 e. The van der Waals surface area contributed by atoms with Crippen LogP contribution in [0.5, 0.6) is 0 Å². The van der Waals surface area contributed by atoms with Crippen LogP contribution in [-0.2, 0) is 6.42 Å². The van der Waals surface area contributed by atoms with Gasteiger partial charge in [0.1, 0.15) is 5.82 Å². The van der Waals surface area contributed by atoms with Crippen molar-refractivity contribution >= 4 is 43.5 Å². The van der Waals surface area contributed by atoms with Crippen LogP contribution in [0.4, 0.5) is 4.39 Å². The molecule has 0 nitrogen and oxygen atoms in total. The van der Waals surface area contributed by atoms with Gasteiger partial charge in [0.25, 0.3) is 0 Å². The second-order valence-electron chi connectivity index (χ2n) is 4.32. The monoisotopic (exact) mass is 404 g/mol. The number of hydrogen-bond acceptors (Lipinski definition) is 0. The summed E-state index contributed by atoms with van der Waals surface area (Å²) in [5.41, 5.74) is 2.12.